The Morgan fingerprint density at radius 2 is 2.13 bits per heavy atom. The van der Waals surface area contributed by atoms with Crippen LogP contribution in [-0.4, -0.2) is 36.3 Å². The summed E-state index contributed by atoms with van der Waals surface area (Å²) in [4.78, 5) is 25.6. The second-order valence-electron chi connectivity index (χ2n) is 4.55. The first-order chi connectivity index (χ1) is 11.0. The number of ether oxygens (including phenoxy) is 2. The Balaban J connectivity index is 2.38. The average molecular weight is 445 g/mol. The topological polar surface area (TPSA) is 55.8 Å². The molecule has 7 heteroatoms. The number of nitrogens with zero attached hydrogens (tertiary/aromatic N) is 1. The predicted octanol–water partition coefficient (Wildman–Crippen LogP) is 3.92. The van der Waals surface area contributed by atoms with E-state index in [4.69, 9.17) is 9.47 Å². The third-order valence-electron chi connectivity index (χ3n) is 3.02. The van der Waals surface area contributed by atoms with Gasteiger partial charge in [-0.15, -0.1) is 6.58 Å². The maximum absolute atomic E-state index is 12.2. The van der Waals surface area contributed by atoms with Crippen LogP contribution < -0.4 is 9.47 Å². The summed E-state index contributed by atoms with van der Waals surface area (Å²) in [5.41, 5.74) is 0.780. The molecule has 0 spiro atoms. The lowest BCUT2D eigenvalue weighted by Gasteiger charge is -2.12. The van der Waals surface area contributed by atoms with Gasteiger partial charge < -0.3 is 9.47 Å². The predicted molar refractivity (Wildman–Crippen MR) is 99.8 cm³/mol. The molecule has 0 N–H and O–H groups in total. The van der Waals surface area contributed by atoms with Gasteiger partial charge in [-0.25, -0.2) is 0 Å². The van der Waals surface area contributed by atoms with Crippen molar-refractivity contribution in [1.82, 2.24) is 4.90 Å². The van der Waals surface area contributed by atoms with Gasteiger partial charge in [0.15, 0.2) is 11.5 Å². The molecule has 0 aliphatic carbocycles. The van der Waals surface area contributed by atoms with E-state index in [1.807, 2.05) is 13.0 Å². The van der Waals surface area contributed by atoms with E-state index in [1.54, 1.807) is 19.3 Å². The molecule has 2 amide bonds. The summed E-state index contributed by atoms with van der Waals surface area (Å²) in [7, 11) is 1.58. The molecule has 0 aromatic heterocycles. The highest BCUT2D eigenvalue weighted by atomic mass is 127. The summed E-state index contributed by atoms with van der Waals surface area (Å²) in [6, 6.07) is 3.68. The average Bonchev–Trinajstić information content (AvgIpc) is 2.75. The van der Waals surface area contributed by atoms with E-state index >= 15 is 0 Å². The number of amides is 2. The van der Waals surface area contributed by atoms with Crippen molar-refractivity contribution in [3.8, 4) is 11.5 Å². The van der Waals surface area contributed by atoms with Crippen molar-refractivity contribution in [2.45, 2.75) is 6.92 Å². The molecule has 1 aromatic rings. The first kappa shape index (κ1) is 17.9. The highest BCUT2D eigenvalue weighted by Crippen LogP contribution is 2.37. The smallest absolute Gasteiger partial charge is 0.293 e. The molecule has 1 saturated heterocycles. The summed E-state index contributed by atoms with van der Waals surface area (Å²) in [6.45, 7) is 6.17. The number of benzene rings is 1. The number of thioether (sulfide) groups is 1. The van der Waals surface area contributed by atoms with Crippen LogP contribution in [0.15, 0.2) is 29.7 Å². The maximum atomic E-state index is 12.2. The molecule has 1 heterocycles. The fourth-order valence-corrected chi connectivity index (χ4v) is 3.76. The summed E-state index contributed by atoms with van der Waals surface area (Å²) in [5.74, 6) is 0.964. The summed E-state index contributed by atoms with van der Waals surface area (Å²) < 4.78 is 11.8. The molecular weight excluding hydrogens is 429 g/mol. The quantitative estimate of drug-likeness (QED) is 0.378. The van der Waals surface area contributed by atoms with Gasteiger partial charge in [0, 0.05) is 6.54 Å². The van der Waals surface area contributed by atoms with E-state index < -0.39 is 0 Å². The molecule has 2 rings (SSSR count). The van der Waals surface area contributed by atoms with Gasteiger partial charge in [0.05, 0.1) is 22.2 Å². The lowest BCUT2D eigenvalue weighted by Crippen LogP contribution is -2.27. The van der Waals surface area contributed by atoms with Crippen LogP contribution in [0.5, 0.6) is 11.5 Å². The molecule has 1 aliphatic heterocycles. The van der Waals surface area contributed by atoms with E-state index in [0.717, 1.165) is 20.9 Å². The van der Waals surface area contributed by atoms with Gasteiger partial charge >= 0.3 is 0 Å². The maximum Gasteiger partial charge on any atom is 0.293 e. The van der Waals surface area contributed by atoms with Gasteiger partial charge in [-0.3, -0.25) is 14.5 Å². The number of halogens is 1. The Bertz CT molecular complexity index is 687. The number of imide groups is 1. The third kappa shape index (κ3) is 3.89. The summed E-state index contributed by atoms with van der Waals surface area (Å²) in [6.07, 6.45) is 3.22. The normalized spacial score (nSPS) is 16.1. The summed E-state index contributed by atoms with van der Waals surface area (Å²) in [5, 5.41) is -0.283. The lowest BCUT2D eigenvalue weighted by molar-refractivity contribution is -0.122. The van der Waals surface area contributed by atoms with Gasteiger partial charge in [0.25, 0.3) is 11.1 Å². The van der Waals surface area contributed by atoms with Crippen molar-refractivity contribution in [2.75, 3.05) is 20.3 Å². The molecule has 23 heavy (non-hydrogen) atoms. The Morgan fingerprint density at radius 3 is 2.74 bits per heavy atom. The van der Waals surface area contributed by atoms with Crippen molar-refractivity contribution in [2.24, 2.45) is 0 Å². The van der Waals surface area contributed by atoms with Crippen LogP contribution in [0.25, 0.3) is 6.08 Å². The van der Waals surface area contributed by atoms with E-state index in [-0.39, 0.29) is 17.7 Å². The Morgan fingerprint density at radius 1 is 1.39 bits per heavy atom. The zero-order valence-electron chi connectivity index (χ0n) is 12.8. The Hall–Kier alpha value is -1.48. The van der Waals surface area contributed by atoms with E-state index in [1.165, 1.54) is 11.0 Å². The van der Waals surface area contributed by atoms with Crippen LogP contribution >= 0.6 is 34.4 Å². The van der Waals surface area contributed by atoms with Crippen molar-refractivity contribution < 1.29 is 19.1 Å². The molecule has 5 nitrogen and oxygen atoms in total. The van der Waals surface area contributed by atoms with Crippen LogP contribution in [0.1, 0.15) is 12.5 Å². The van der Waals surface area contributed by atoms with Crippen LogP contribution in [0.2, 0.25) is 0 Å². The van der Waals surface area contributed by atoms with Gasteiger partial charge in [0.2, 0.25) is 0 Å². The SMILES string of the molecule is C=CCN1C(=O)S/C(=C/c2cc(I)c(OC)c(OCC)c2)C1=O. The van der Waals surface area contributed by atoms with Crippen molar-refractivity contribution in [3.05, 3.63) is 38.8 Å². The zero-order valence-corrected chi connectivity index (χ0v) is 15.8. The second-order valence-corrected chi connectivity index (χ2v) is 6.70. The number of carbonyl (C=O) groups is 2. The molecule has 0 bridgehead atoms. The minimum absolute atomic E-state index is 0.215. The van der Waals surface area contributed by atoms with Crippen LogP contribution in [0, 0.1) is 3.57 Å². The Kier molecular flexibility index (Phi) is 6.11. The minimum atomic E-state index is -0.302. The molecule has 122 valence electrons. The third-order valence-corrected chi connectivity index (χ3v) is 4.73. The highest BCUT2D eigenvalue weighted by Gasteiger charge is 2.34. The molecular formula is C16H16INO4S. The Labute approximate surface area is 152 Å². The monoisotopic (exact) mass is 445 g/mol. The molecule has 0 unspecified atom stereocenters. The molecule has 1 aromatic carbocycles. The number of methoxy groups -OCH3 is 1. The first-order valence-corrected chi connectivity index (χ1v) is 8.77. The van der Waals surface area contributed by atoms with E-state index in [0.29, 0.717) is 23.0 Å². The number of hydrogen-bond donors (Lipinski definition) is 0. The van der Waals surface area contributed by atoms with Crippen LogP contribution in [-0.2, 0) is 4.79 Å². The number of rotatable bonds is 6. The van der Waals surface area contributed by atoms with E-state index in [9.17, 15) is 9.59 Å². The summed E-state index contributed by atoms with van der Waals surface area (Å²) >= 11 is 3.08. The molecule has 0 atom stereocenters. The van der Waals surface area contributed by atoms with Crippen LogP contribution in [0.3, 0.4) is 0 Å². The van der Waals surface area contributed by atoms with E-state index in [2.05, 4.69) is 29.2 Å². The highest BCUT2D eigenvalue weighted by molar-refractivity contribution is 14.1. The molecule has 1 fully saturated rings. The fourth-order valence-electron chi connectivity index (χ4n) is 2.07. The largest absolute Gasteiger partial charge is 0.492 e. The molecule has 0 saturated carbocycles. The van der Waals surface area contributed by atoms with Gasteiger partial charge in [-0.1, -0.05) is 6.08 Å². The van der Waals surface area contributed by atoms with Gasteiger partial charge in [0.1, 0.15) is 0 Å². The zero-order chi connectivity index (χ0) is 17.0. The lowest BCUT2D eigenvalue weighted by atomic mass is 10.2. The number of hydrogen-bond acceptors (Lipinski definition) is 5. The first-order valence-electron chi connectivity index (χ1n) is 6.88. The standard InChI is InChI=1S/C16H16INO4S/c1-4-6-18-15(19)13(23-16(18)20)9-10-7-11(17)14(21-3)12(8-10)22-5-2/h4,7-9H,1,5-6H2,2-3H3/b13-9+. The van der Waals surface area contributed by atoms with Crippen molar-refractivity contribution >= 4 is 51.6 Å². The molecule has 1 aliphatic rings. The number of carbonyl (C=O) groups excluding carboxylic acids is 2. The molecule has 0 radical (unpaired) electrons. The second kappa shape index (κ2) is 7.87. The van der Waals surface area contributed by atoms with Crippen LogP contribution in [0.4, 0.5) is 4.79 Å². The fraction of sp³-hybridized carbons (Fsp3) is 0.250. The van der Waals surface area contributed by atoms with Crippen molar-refractivity contribution in [1.29, 1.82) is 0 Å². The van der Waals surface area contributed by atoms with Gasteiger partial charge in [-0.05, 0) is 65.0 Å². The minimum Gasteiger partial charge on any atom is -0.492 e. The van der Waals surface area contributed by atoms with Gasteiger partial charge in [-0.2, -0.15) is 0 Å². The van der Waals surface area contributed by atoms with Crippen molar-refractivity contribution in [3.63, 3.8) is 0 Å².